The van der Waals surface area contributed by atoms with Crippen LogP contribution in [0, 0.1) is 17.7 Å². The molecule has 1 aliphatic rings. The number of ether oxygens (including phenoxy) is 1. The molecule has 20 heavy (non-hydrogen) atoms. The van der Waals surface area contributed by atoms with Gasteiger partial charge in [0, 0.05) is 6.54 Å². The van der Waals surface area contributed by atoms with E-state index >= 15 is 0 Å². The number of hydrogen-bond donors (Lipinski definition) is 1. The fraction of sp³-hybridized carbons (Fsp3) is 0.562. The molecule has 0 aliphatic heterocycles. The van der Waals surface area contributed by atoms with Crippen LogP contribution in [-0.4, -0.2) is 19.6 Å². The molecule has 2 rings (SSSR count). The number of carbonyl (C=O) groups excluding carboxylic acids is 1. The number of rotatable bonds is 5. The Morgan fingerprint density at radius 2 is 2.25 bits per heavy atom. The normalized spacial score (nSPS) is 21.9. The second-order valence-corrected chi connectivity index (χ2v) is 5.72. The number of esters is 1. The molecule has 110 valence electrons. The highest BCUT2D eigenvalue weighted by Crippen LogP contribution is 2.29. The van der Waals surface area contributed by atoms with E-state index in [1.807, 2.05) is 0 Å². The molecule has 0 aromatic heterocycles. The van der Waals surface area contributed by atoms with E-state index in [0.29, 0.717) is 6.54 Å². The van der Waals surface area contributed by atoms with Crippen LogP contribution in [-0.2, 0) is 11.3 Å². The first-order chi connectivity index (χ1) is 9.60. The number of hydrogen-bond acceptors (Lipinski definition) is 3. The number of halogens is 1. The molecule has 1 aromatic rings. The molecule has 0 saturated heterocycles. The van der Waals surface area contributed by atoms with Gasteiger partial charge < -0.3 is 10.1 Å². The average Bonchev–Trinajstić information content (AvgIpc) is 2.84. The van der Waals surface area contributed by atoms with Gasteiger partial charge in [-0.2, -0.15) is 0 Å². The van der Waals surface area contributed by atoms with Crippen LogP contribution in [0.15, 0.2) is 18.2 Å². The molecule has 0 heterocycles. The SMILES string of the molecule is COC(=O)c1ccc(CNCC2CCC(C)C2)cc1F. The summed E-state index contributed by atoms with van der Waals surface area (Å²) in [4.78, 5) is 11.3. The molecule has 1 aromatic carbocycles. The summed E-state index contributed by atoms with van der Waals surface area (Å²) in [5.41, 5.74) is 0.835. The van der Waals surface area contributed by atoms with Crippen molar-refractivity contribution in [2.45, 2.75) is 32.7 Å². The minimum Gasteiger partial charge on any atom is -0.465 e. The summed E-state index contributed by atoms with van der Waals surface area (Å²) in [6.07, 6.45) is 3.88. The lowest BCUT2D eigenvalue weighted by Gasteiger charge is -2.11. The fourth-order valence-electron chi connectivity index (χ4n) is 2.88. The number of nitrogens with one attached hydrogen (secondary N) is 1. The second-order valence-electron chi connectivity index (χ2n) is 5.72. The number of carbonyl (C=O) groups is 1. The first-order valence-corrected chi connectivity index (χ1v) is 7.17. The maximum atomic E-state index is 13.7. The van der Waals surface area contributed by atoms with Crippen LogP contribution >= 0.6 is 0 Å². The van der Waals surface area contributed by atoms with Gasteiger partial charge in [0.2, 0.25) is 0 Å². The highest BCUT2D eigenvalue weighted by molar-refractivity contribution is 5.89. The van der Waals surface area contributed by atoms with Gasteiger partial charge >= 0.3 is 5.97 Å². The largest absolute Gasteiger partial charge is 0.465 e. The van der Waals surface area contributed by atoms with Gasteiger partial charge in [0.1, 0.15) is 5.82 Å². The number of benzene rings is 1. The Bertz CT molecular complexity index is 476. The smallest absolute Gasteiger partial charge is 0.340 e. The molecule has 2 atom stereocenters. The van der Waals surface area contributed by atoms with Crippen LogP contribution in [0.3, 0.4) is 0 Å². The van der Waals surface area contributed by atoms with Crippen molar-refractivity contribution >= 4 is 5.97 Å². The molecule has 0 radical (unpaired) electrons. The van der Waals surface area contributed by atoms with Crippen molar-refractivity contribution < 1.29 is 13.9 Å². The summed E-state index contributed by atoms with van der Waals surface area (Å²) in [7, 11) is 1.25. The summed E-state index contributed by atoms with van der Waals surface area (Å²) in [5.74, 6) is 0.412. The Balaban J connectivity index is 1.84. The van der Waals surface area contributed by atoms with Crippen molar-refractivity contribution in [1.29, 1.82) is 0 Å². The number of methoxy groups -OCH3 is 1. The van der Waals surface area contributed by atoms with Crippen molar-refractivity contribution in [3.05, 3.63) is 35.1 Å². The van der Waals surface area contributed by atoms with E-state index in [-0.39, 0.29) is 5.56 Å². The molecule has 4 heteroatoms. The van der Waals surface area contributed by atoms with Crippen molar-refractivity contribution in [3.63, 3.8) is 0 Å². The molecule has 3 nitrogen and oxygen atoms in total. The van der Waals surface area contributed by atoms with E-state index in [1.54, 1.807) is 6.07 Å². The van der Waals surface area contributed by atoms with Crippen LogP contribution in [0.1, 0.15) is 42.1 Å². The molecule has 1 saturated carbocycles. The van der Waals surface area contributed by atoms with Gasteiger partial charge in [-0.25, -0.2) is 9.18 Å². The summed E-state index contributed by atoms with van der Waals surface area (Å²) in [6.45, 7) is 3.90. The predicted octanol–water partition coefficient (Wildman–Crippen LogP) is 3.14. The van der Waals surface area contributed by atoms with Crippen LogP contribution in [0.5, 0.6) is 0 Å². The van der Waals surface area contributed by atoms with Gasteiger partial charge in [-0.15, -0.1) is 0 Å². The predicted molar refractivity (Wildman–Crippen MR) is 76.0 cm³/mol. The van der Waals surface area contributed by atoms with Gasteiger partial charge in [-0.05, 0) is 48.9 Å². The van der Waals surface area contributed by atoms with Crippen molar-refractivity contribution in [1.82, 2.24) is 5.32 Å². The van der Waals surface area contributed by atoms with Crippen LogP contribution in [0.2, 0.25) is 0 Å². The van der Waals surface area contributed by atoms with E-state index < -0.39 is 11.8 Å². The Morgan fingerprint density at radius 1 is 1.45 bits per heavy atom. The fourth-order valence-corrected chi connectivity index (χ4v) is 2.88. The topological polar surface area (TPSA) is 38.3 Å². The monoisotopic (exact) mass is 279 g/mol. The highest BCUT2D eigenvalue weighted by atomic mass is 19.1. The molecule has 1 fully saturated rings. The summed E-state index contributed by atoms with van der Waals surface area (Å²) in [5, 5.41) is 3.37. The first kappa shape index (κ1) is 15.0. The molecule has 1 N–H and O–H groups in total. The Hall–Kier alpha value is -1.42. The third-order valence-electron chi connectivity index (χ3n) is 4.00. The van der Waals surface area contributed by atoms with Gasteiger partial charge in [-0.3, -0.25) is 0 Å². The van der Waals surface area contributed by atoms with E-state index in [4.69, 9.17) is 0 Å². The van der Waals surface area contributed by atoms with Gasteiger partial charge in [-0.1, -0.05) is 19.4 Å². The van der Waals surface area contributed by atoms with Crippen LogP contribution in [0.25, 0.3) is 0 Å². The first-order valence-electron chi connectivity index (χ1n) is 7.17. The molecule has 0 amide bonds. The lowest BCUT2D eigenvalue weighted by molar-refractivity contribution is 0.0595. The van der Waals surface area contributed by atoms with Crippen molar-refractivity contribution in [2.24, 2.45) is 11.8 Å². The zero-order valence-corrected chi connectivity index (χ0v) is 12.1. The molecular weight excluding hydrogens is 257 g/mol. The van der Waals surface area contributed by atoms with E-state index in [0.717, 1.165) is 23.9 Å². The maximum absolute atomic E-state index is 13.7. The third-order valence-corrected chi connectivity index (χ3v) is 4.00. The summed E-state index contributed by atoms with van der Waals surface area (Å²) >= 11 is 0. The Morgan fingerprint density at radius 3 is 2.85 bits per heavy atom. The van der Waals surface area contributed by atoms with Gasteiger partial charge in [0.15, 0.2) is 0 Å². The molecule has 1 aliphatic carbocycles. The Labute approximate surface area is 119 Å². The molecule has 0 spiro atoms. The van der Waals surface area contributed by atoms with E-state index in [2.05, 4.69) is 17.0 Å². The minimum absolute atomic E-state index is 0.0131. The third kappa shape index (κ3) is 3.79. The summed E-state index contributed by atoms with van der Waals surface area (Å²) < 4.78 is 18.3. The lowest BCUT2D eigenvalue weighted by atomic mass is 10.1. The zero-order chi connectivity index (χ0) is 14.5. The van der Waals surface area contributed by atoms with Crippen LogP contribution in [0.4, 0.5) is 4.39 Å². The molecule has 2 unspecified atom stereocenters. The quantitative estimate of drug-likeness (QED) is 0.842. The highest BCUT2D eigenvalue weighted by Gasteiger charge is 2.20. The molecular formula is C16H22FNO2. The minimum atomic E-state index is -0.637. The van der Waals surface area contributed by atoms with Gasteiger partial charge in [0.05, 0.1) is 12.7 Å². The molecule has 0 bridgehead atoms. The van der Waals surface area contributed by atoms with Crippen LogP contribution < -0.4 is 5.32 Å². The summed E-state index contributed by atoms with van der Waals surface area (Å²) in [6, 6.07) is 4.64. The van der Waals surface area contributed by atoms with Crippen molar-refractivity contribution in [3.8, 4) is 0 Å². The maximum Gasteiger partial charge on any atom is 0.340 e. The zero-order valence-electron chi connectivity index (χ0n) is 12.1. The average molecular weight is 279 g/mol. The van der Waals surface area contributed by atoms with E-state index in [1.165, 1.54) is 38.5 Å². The van der Waals surface area contributed by atoms with Gasteiger partial charge in [0.25, 0.3) is 0 Å². The van der Waals surface area contributed by atoms with Crippen molar-refractivity contribution in [2.75, 3.05) is 13.7 Å². The Kier molecular flexibility index (Phi) is 5.12. The standard InChI is InChI=1S/C16H22FNO2/c1-11-3-4-12(7-11)9-18-10-13-5-6-14(15(17)8-13)16(19)20-2/h5-6,8,11-12,18H,3-4,7,9-10H2,1-2H3. The second kappa shape index (κ2) is 6.84. The van der Waals surface area contributed by atoms with E-state index in [9.17, 15) is 9.18 Å². The lowest BCUT2D eigenvalue weighted by Crippen LogP contribution is -2.21.